The third-order valence-corrected chi connectivity index (χ3v) is 5.08. The zero-order chi connectivity index (χ0) is 19.6. The van der Waals surface area contributed by atoms with Crippen molar-refractivity contribution in [2.24, 2.45) is 0 Å². The van der Waals surface area contributed by atoms with Crippen LogP contribution >= 0.6 is 0 Å². The molecule has 0 radical (unpaired) electrons. The summed E-state index contributed by atoms with van der Waals surface area (Å²) in [5.74, 6) is -0.474. The van der Waals surface area contributed by atoms with Crippen LogP contribution < -0.4 is 4.31 Å². The Morgan fingerprint density at radius 3 is 2.52 bits per heavy atom. The molecule has 27 heavy (non-hydrogen) atoms. The number of hydrogen-bond donors (Lipinski definition) is 0. The first-order valence-corrected chi connectivity index (χ1v) is 9.70. The van der Waals surface area contributed by atoms with Gasteiger partial charge in [-0.25, -0.2) is 12.8 Å². The lowest BCUT2D eigenvalue weighted by molar-refractivity contribution is 0.0961. The number of rotatable bonds is 6. The molecular weight excluding hydrogens is 373 g/mol. The second kappa shape index (κ2) is 7.23. The Kier molecular flexibility index (Phi) is 5.00. The Bertz CT molecular complexity index is 1080. The SMILES string of the molecule is CN(c1ccc(C(=O)Cn2nnc(-c3cccc(F)c3)n2)cc1)S(C)(=O)=O. The van der Waals surface area contributed by atoms with Crippen LogP contribution in [0.15, 0.2) is 48.5 Å². The van der Waals surface area contributed by atoms with Gasteiger partial charge in [-0.3, -0.25) is 9.10 Å². The molecule has 1 heterocycles. The van der Waals surface area contributed by atoms with Crippen LogP contribution in [0, 0.1) is 5.82 Å². The second-order valence-electron chi connectivity index (χ2n) is 5.85. The monoisotopic (exact) mass is 389 g/mol. The van der Waals surface area contributed by atoms with Crippen LogP contribution in [0.3, 0.4) is 0 Å². The molecule has 140 valence electrons. The number of ketones is 1. The first-order chi connectivity index (χ1) is 12.7. The molecular formula is C17H16FN5O3S. The van der Waals surface area contributed by atoms with Crippen molar-refractivity contribution < 1.29 is 17.6 Å². The maximum atomic E-state index is 13.3. The first kappa shape index (κ1) is 18.6. The summed E-state index contributed by atoms with van der Waals surface area (Å²) < 4.78 is 37.5. The fourth-order valence-electron chi connectivity index (χ4n) is 2.32. The van der Waals surface area contributed by atoms with E-state index >= 15 is 0 Å². The van der Waals surface area contributed by atoms with Crippen LogP contribution in [-0.2, 0) is 16.6 Å². The van der Waals surface area contributed by atoms with Crippen molar-refractivity contribution >= 4 is 21.5 Å². The minimum atomic E-state index is -3.37. The highest BCUT2D eigenvalue weighted by atomic mass is 32.2. The number of halogens is 1. The highest BCUT2D eigenvalue weighted by molar-refractivity contribution is 7.92. The van der Waals surface area contributed by atoms with Crippen molar-refractivity contribution in [1.29, 1.82) is 0 Å². The van der Waals surface area contributed by atoms with E-state index < -0.39 is 15.8 Å². The summed E-state index contributed by atoms with van der Waals surface area (Å²) in [7, 11) is -1.94. The summed E-state index contributed by atoms with van der Waals surface area (Å²) in [6.45, 7) is -0.149. The fourth-order valence-corrected chi connectivity index (χ4v) is 2.83. The highest BCUT2D eigenvalue weighted by Crippen LogP contribution is 2.17. The standard InChI is InChI=1S/C17H16FN5O3S/c1-22(27(2,25)26)15-8-6-12(7-9-15)16(24)11-23-20-17(19-21-23)13-4-3-5-14(18)10-13/h3-10H,11H2,1-2H3. The molecule has 0 amide bonds. The Morgan fingerprint density at radius 2 is 1.89 bits per heavy atom. The molecule has 0 fully saturated rings. The predicted molar refractivity (Wildman–Crippen MR) is 97.2 cm³/mol. The summed E-state index contributed by atoms with van der Waals surface area (Å²) in [5, 5.41) is 11.7. The Hall–Kier alpha value is -3.14. The number of hydrogen-bond acceptors (Lipinski definition) is 6. The van der Waals surface area contributed by atoms with Gasteiger partial charge in [-0.15, -0.1) is 10.2 Å². The van der Waals surface area contributed by atoms with Crippen LogP contribution in [0.1, 0.15) is 10.4 Å². The molecule has 0 aliphatic rings. The third kappa shape index (κ3) is 4.34. The molecule has 0 N–H and O–H groups in total. The van der Waals surface area contributed by atoms with E-state index in [4.69, 9.17) is 0 Å². The molecule has 0 unspecified atom stereocenters. The average Bonchev–Trinajstić information content (AvgIpc) is 3.09. The zero-order valence-corrected chi connectivity index (χ0v) is 15.4. The molecule has 0 saturated heterocycles. The lowest BCUT2D eigenvalue weighted by atomic mass is 10.1. The van der Waals surface area contributed by atoms with Gasteiger partial charge in [-0.2, -0.15) is 4.80 Å². The Balaban J connectivity index is 1.73. The summed E-state index contributed by atoms with van der Waals surface area (Å²) >= 11 is 0. The van der Waals surface area contributed by atoms with Gasteiger partial charge in [0.15, 0.2) is 5.78 Å². The number of aromatic nitrogens is 4. The van der Waals surface area contributed by atoms with Crippen molar-refractivity contribution in [3.8, 4) is 11.4 Å². The van der Waals surface area contributed by atoms with Gasteiger partial charge in [0.05, 0.1) is 11.9 Å². The van der Waals surface area contributed by atoms with Gasteiger partial charge in [0.1, 0.15) is 12.4 Å². The lowest BCUT2D eigenvalue weighted by Gasteiger charge is -2.16. The number of anilines is 1. The maximum absolute atomic E-state index is 13.3. The summed E-state index contributed by atoms with van der Waals surface area (Å²) in [5.41, 5.74) is 1.29. The van der Waals surface area contributed by atoms with Crippen molar-refractivity contribution in [2.45, 2.75) is 6.54 Å². The number of carbonyl (C=O) groups is 1. The van der Waals surface area contributed by atoms with Crippen LogP contribution in [0.2, 0.25) is 0 Å². The molecule has 0 aliphatic carbocycles. The highest BCUT2D eigenvalue weighted by Gasteiger charge is 2.14. The molecule has 0 saturated carbocycles. The van der Waals surface area contributed by atoms with E-state index in [1.165, 1.54) is 37.4 Å². The van der Waals surface area contributed by atoms with Crippen molar-refractivity contribution in [3.05, 3.63) is 59.9 Å². The fraction of sp³-hybridized carbons (Fsp3) is 0.176. The summed E-state index contributed by atoms with van der Waals surface area (Å²) in [4.78, 5) is 13.5. The average molecular weight is 389 g/mol. The summed E-state index contributed by atoms with van der Waals surface area (Å²) in [6.07, 6.45) is 1.10. The van der Waals surface area contributed by atoms with E-state index in [1.54, 1.807) is 18.2 Å². The van der Waals surface area contributed by atoms with Gasteiger partial charge in [-0.05, 0) is 41.6 Å². The largest absolute Gasteiger partial charge is 0.292 e. The van der Waals surface area contributed by atoms with Gasteiger partial charge >= 0.3 is 0 Å². The number of Topliss-reactive ketones (excluding diaryl/α,β-unsaturated/α-hetero) is 1. The lowest BCUT2D eigenvalue weighted by Crippen LogP contribution is -2.24. The first-order valence-electron chi connectivity index (χ1n) is 7.85. The minimum absolute atomic E-state index is 0.149. The van der Waals surface area contributed by atoms with Crippen LogP contribution in [0.4, 0.5) is 10.1 Å². The van der Waals surface area contributed by atoms with E-state index in [1.807, 2.05) is 0 Å². The predicted octanol–water partition coefficient (Wildman–Crippen LogP) is 1.76. The normalized spacial score (nSPS) is 11.4. The molecule has 0 aliphatic heterocycles. The maximum Gasteiger partial charge on any atom is 0.231 e. The quantitative estimate of drug-likeness (QED) is 0.596. The number of carbonyl (C=O) groups excluding carboxylic acids is 1. The molecule has 0 spiro atoms. The number of benzene rings is 2. The third-order valence-electron chi connectivity index (χ3n) is 3.87. The van der Waals surface area contributed by atoms with Crippen LogP contribution in [0.25, 0.3) is 11.4 Å². The van der Waals surface area contributed by atoms with E-state index in [0.29, 0.717) is 16.8 Å². The van der Waals surface area contributed by atoms with E-state index in [2.05, 4.69) is 15.4 Å². The van der Waals surface area contributed by atoms with E-state index in [9.17, 15) is 17.6 Å². The molecule has 8 nitrogen and oxygen atoms in total. The Morgan fingerprint density at radius 1 is 1.19 bits per heavy atom. The molecule has 1 aromatic heterocycles. The zero-order valence-electron chi connectivity index (χ0n) is 14.6. The molecule has 3 rings (SSSR count). The number of nitrogens with zero attached hydrogens (tertiary/aromatic N) is 5. The van der Waals surface area contributed by atoms with Crippen molar-refractivity contribution in [3.63, 3.8) is 0 Å². The van der Waals surface area contributed by atoms with Gasteiger partial charge in [0.2, 0.25) is 15.8 Å². The molecule has 0 bridgehead atoms. The molecule has 10 heteroatoms. The van der Waals surface area contributed by atoms with Gasteiger partial charge < -0.3 is 0 Å². The van der Waals surface area contributed by atoms with E-state index in [0.717, 1.165) is 15.4 Å². The number of sulfonamides is 1. The molecule has 0 atom stereocenters. The van der Waals surface area contributed by atoms with Gasteiger partial charge in [-0.1, -0.05) is 12.1 Å². The topological polar surface area (TPSA) is 98.1 Å². The van der Waals surface area contributed by atoms with Crippen molar-refractivity contribution in [2.75, 3.05) is 17.6 Å². The smallest absolute Gasteiger partial charge is 0.231 e. The Labute approximate surface area is 155 Å². The van der Waals surface area contributed by atoms with Crippen molar-refractivity contribution in [1.82, 2.24) is 20.2 Å². The van der Waals surface area contributed by atoms with Crippen LogP contribution in [0.5, 0.6) is 0 Å². The number of tetrazole rings is 1. The van der Waals surface area contributed by atoms with Gasteiger partial charge in [0, 0.05) is 18.2 Å². The van der Waals surface area contributed by atoms with Crippen LogP contribution in [-0.4, -0.2) is 47.7 Å². The summed E-state index contributed by atoms with van der Waals surface area (Å²) in [6, 6.07) is 11.9. The second-order valence-corrected chi connectivity index (χ2v) is 7.87. The van der Waals surface area contributed by atoms with E-state index in [-0.39, 0.29) is 18.2 Å². The molecule has 2 aromatic carbocycles. The minimum Gasteiger partial charge on any atom is -0.292 e. The van der Waals surface area contributed by atoms with Gasteiger partial charge in [0.25, 0.3) is 0 Å². The molecule has 3 aromatic rings.